The minimum Gasteiger partial charge on any atom is -0.348 e. The first-order chi connectivity index (χ1) is 12.0. The van der Waals surface area contributed by atoms with Gasteiger partial charge < -0.3 is 10.2 Å². The summed E-state index contributed by atoms with van der Waals surface area (Å²) in [5, 5.41) is 2.97. The number of hydrogen-bond donors (Lipinski definition) is 1. The molecule has 5 nitrogen and oxygen atoms in total. The number of carbonyl (C=O) groups excluding carboxylic acids is 2. The first-order valence-electron chi connectivity index (χ1n) is 8.57. The number of carbonyl (C=O) groups is 2. The maximum absolute atomic E-state index is 12.5. The summed E-state index contributed by atoms with van der Waals surface area (Å²) in [7, 11) is 0. The van der Waals surface area contributed by atoms with Gasteiger partial charge in [-0.15, -0.1) is 0 Å². The summed E-state index contributed by atoms with van der Waals surface area (Å²) >= 11 is 0. The molecule has 1 fully saturated rings. The van der Waals surface area contributed by atoms with Gasteiger partial charge in [0.15, 0.2) is 0 Å². The predicted octanol–water partition coefficient (Wildman–Crippen LogP) is 2.62. The summed E-state index contributed by atoms with van der Waals surface area (Å²) in [5.74, 6) is -0.353. The molecule has 1 aromatic heterocycles. The van der Waals surface area contributed by atoms with Crippen LogP contribution in [-0.4, -0.2) is 28.2 Å². The van der Waals surface area contributed by atoms with Crippen molar-refractivity contribution in [2.75, 3.05) is 6.54 Å². The summed E-state index contributed by atoms with van der Waals surface area (Å²) in [6, 6.07) is 13.6. The van der Waals surface area contributed by atoms with E-state index in [9.17, 15) is 9.59 Å². The molecule has 25 heavy (non-hydrogen) atoms. The lowest BCUT2D eigenvalue weighted by Crippen LogP contribution is -2.34. The molecule has 0 bridgehead atoms. The maximum Gasteiger partial charge on any atom is 0.225 e. The van der Waals surface area contributed by atoms with Crippen LogP contribution in [0.1, 0.15) is 36.2 Å². The van der Waals surface area contributed by atoms with Gasteiger partial charge in [-0.2, -0.15) is 0 Å². The Balaban J connectivity index is 1.58. The van der Waals surface area contributed by atoms with Gasteiger partial charge in [-0.05, 0) is 31.5 Å². The highest BCUT2D eigenvalue weighted by Crippen LogP contribution is 2.21. The van der Waals surface area contributed by atoms with Gasteiger partial charge in [0.2, 0.25) is 11.8 Å². The third-order valence-electron chi connectivity index (χ3n) is 4.57. The molecule has 1 aromatic carbocycles. The van der Waals surface area contributed by atoms with Crippen LogP contribution in [0, 0.1) is 12.8 Å². The third kappa shape index (κ3) is 4.24. The SMILES string of the molecule is Cc1ccc(CN2CC(C(=O)NC(C)c3ccccn3)CC2=O)cc1. The number of nitrogens with one attached hydrogen (secondary N) is 1. The van der Waals surface area contributed by atoms with Crippen molar-refractivity contribution >= 4 is 11.8 Å². The van der Waals surface area contributed by atoms with Crippen LogP contribution in [0.3, 0.4) is 0 Å². The molecule has 2 amide bonds. The topological polar surface area (TPSA) is 62.3 Å². The molecular weight excluding hydrogens is 314 g/mol. The van der Waals surface area contributed by atoms with Gasteiger partial charge >= 0.3 is 0 Å². The molecule has 0 radical (unpaired) electrons. The lowest BCUT2D eigenvalue weighted by Gasteiger charge is -2.18. The molecule has 1 saturated heterocycles. The van der Waals surface area contributed by atoms with Crippen LogP contribution in [0.15, 0.2) is 48.7 Å². The van der Waals surface area contributed by atoms with Crippen molar-refractivity contribution in [3.8, 4) is 0 Å². The van der Waals surface area contributed by atoms with E-state index < -0.39 is 0 Å². The minimum atomic E-state index is -0.302. The maximum atomic E-state index is 12.5. The van der Waals surface area contributed by atoms with Crippen LogP contribution in [0.4, 0.5) is 0 Å². The lowest BCUT2D eigenvalue weighted by molar-refractivity contribution is -0.129. The Morgan fingerprint density at radius 2 is 2.04 bits per heavy atom. The number of pyridine rings is 1. The summed E-state index contributed by atoms with van der Waals surface area (Å²) < 4.78 is 0. The molecule has 1 N–H and O–H groups in total. The normalized spacial score (nSPS) is 18.2. The fraction of sp³-hybridized carbons (Fsp3) is 0.350. The Morgan fingerprint density at radius 1 is 1.28 bits per heavy atom. The van der Waals surface area contributed by atoms with Crippen LogP contribution >= 0.6 is 0 Å². The second kappa shape index (κ2) is 7.47. The molecule has 2 heterocycles. The third-order valence-corrected chi connectivity index (χ3v) is 4.57. The second-order valence-corrected chi connectivity index (χ2v) is 6.65. The van der Waals surface area contributed by atoms with Crippen molar-refractivity contribution < 1.29 is 9.59 Å². The number of aromatic nitrogens is 1. The van der Waals surface area contributed by atoms with Crippen LogP contribution < -0.4 is 5.32 Å². The van der Waals surface area contributed by atoms with Crippen molar-refractivity contribution in [1.82, 2.24) is 15.2 Å². The van der Waals surface area contributed by atoms with Crippen molar-refractivity contribution in [2.24, 2.45) is 5.92 Å². The Morgan fingerprint density at radius 3 is 2.72 bits per heavy atom. The molecule has 1 aliphatic heterocycles. The molecule has 2 aromatic rings. The lowest BCUT2D eigenvalue weighted by atomic mass is 10.1. The van der Waals surface area contributed by atoms with Crippen LogP contribution in [0.5, 0.6) is 0 Å². The highest BCUT2D eigenvalue weighted by molar-refractivity contribution is 5.89. The molecule has 0 saturated carbocycles. The summed E-state index contributed by atoms with van der Waals surface area (Å²) in [5.41, 5.74) is 3.09. The van der Waals surface area contributed by atoms with E-state index in [-0.39, 0.29) is 30.2 Å². The van der Waals surface area contributed by atoms with E-state index in [2.05, 4.69) is 10.3 Å². The highest BCUT2D eigenvalue weighted by Gasteiger charge is 2.34. The number of rotatable bonds is 5. The van der Waals surface area contributed by atoms with Crippen LogP contribution in [0.25, 0.3) is 0 Å². The smallest absolute Gasteiger partial charge is 0.225 e. The molecule has 130 valence electrons. The van der Waals surface area contributed by atoms with E-state index in [1.54, 1.807) is 11.1 Å². The van der Waals surface area contributed by atoms with Gasteiger partial charge in [-0.1, -0.05) is 35.9 Å². The molecule has 3 rings (SSSR count). The van der Waals surface area contributed by atoms with E-state index >= 15 is 0 Å². The zero-order valence-electron chi connectivity index (χ0n) is 14.6. The molecule has 0 aliphatic carbocycles. The van der Waals surface area contributed by atoms with Crippen LogP contribution in [-0.2, 0) is 16.1 Å². The largest absolute Gasteiger partial charge is 0.348 e. The molecule has 2 atom stereocenters. The van der Waals surface area contributed by atoms with Gasteiger partial charge in [-0.25, -0.2) is 0 Å². The van der Waals surface area contributed by atoms with E-state index in [0.29, 0.717) is 13.1 Å². The van der Waals surface area contributed by atoms with E-state index in [4.69, 9.17) is 0 Å². The Hall–Kier alpha value is -2.69. The molecular formula is C20H23N3O2. The average molecular weight is 337 g/mol. The Labute approximate surface area is 148 Å². The zero-order chi connectivity index (χ0) is 17.8. The number of likely N-dealkylation sites (tertiary alicyclic amines) is 1. The van der Waals surface area contributed by atoms with Gasteiger partial charge in [-0.3, -0.25) is 14.6 Å². The zero-order valence-corrected chi connectivity index (χ0v) is 14.6. The molecule has 1 aliphatic rings. The standard InChI is InChI=1S/C20H23N3O2/c1-14-6-8-16(9-7-14)12-23-13-17(11-19(23)24)20(25)22-15(2)18-5-3-4-10-21-18/h3-10,15,17H,11-13H2,1-2H3,(H,22,25). The quantitative estimate of drug-likeness (QED) is 0.912. The number of nitrogens with zero attached hydrogens (tertiary/aromatic N) is 2. The predicted molar refractivity (Wildman–Crippen MR) is 95.5 cm³/mol. The van der Waals surface area contributed by atoms with Crippen molar-refractivity contribution in [3.05, 3.63) is 65.5 Å². The van der Waals surface area contributed by atoms with Crippen molar-refractivity contribution in [1.29, 1.82) is 0 Å². The van der Waals surface area contributed by atoms with Gasteiger partial charge in [0, 0.05) is 25.7 Å². The Kier molecular flexibility index (Phi) is 5.12. The first kappa shape index (κ1) is 17.1. The number of hydrogen-bond acceptors (Lipinski definition) is 3. The van der Waals surface area contributed by atoms with Crippen LogP contribution in [0.2, 0.25) is 0 Å². The molecule has 0 spiro atoms. The molecule has 5 heteroatoms. The van der Waals surface area contributed by atoms with Gasteiger partial charge in [0.05, 0.1) is 17.7 Å². The second-order valence-electron chi connectivity index (χ2n) is 6.65. The number of amides is 2. The van der Waals surface area contributed by atoms with Gasteiger partial charge in [0.25, 0.3) is 0 Å². The van der Waals surface area contributed by atoms with Crippen molar-refractivity contribution in [2.45, 2.75) is 32.9 Å². The number of benzene rings is 1. The summed E-state index contributed by atoms with van der Waals surface area (Å²) in [4.78, 5) is 30.8. The van der Waals surface area contributed by atoms with E-state index in [1.165, 1.54) is 5.56 Å². The van der Waals surface area contributed by atoms with E-state index in [1.807, 2.05) is 56.3 Å². The minimum absolute atomic E-state index is 0.0335. The first-order valence-corrected chi connectivity index (χ1v) is 8.57. The summed E-state index contributed by atoms with van der Waals surface area (Å²) in [6.07, 6.45) is 1.98. The molecule has 2 unspecified atom stereocenters. The van der Waals surface area contributed by atoms with E-state index in [0.717, 1.165) is 11.3 Å². The number of aryl methyl sites for hydroxylation is 1. The average Bonchev–Trinajstić information content (AvgIpc) is 2.98. The van der Waals surface area contributed by atoms with Crippen molar-refractivity contribution in [3.63, 3.8) is 0 Å². The summed E-state index contributed by atoms with van der Waals surface area (Å²) in [6.45, 7) is 4.96. The fourth-order valence-corrected chi connectivity index (χ4v) is 3.05. The monoisotopic (exact) mass is 337 g/mol. The Bertz CT molecular complexity index is 743. The van der Waals surface area contributed by atoms with Gasteiger partial charge in [0.1, 0.15) is 0 Å². The highest BCUT2D eigenvalue weighted by atomic mass is 16.2. The fourth-order valence-electron chi connectivity index (χ4n) is 3.05.